The van der Waals surface area contributed by atoms with Crippen molar-refractivity contribution in [3.05, 3.63) is 35.2 Å². The van der Waals surface area contributed by atoms with Gasteiger partial charge in [0.15, 0.2) is 0 Å². The number of aromatic nitrogens is 3. The maximum absolute atomic E-state index is 12.9. The van der Waals surface area contributed by atoms with E-state index < -0.39 is 10.0 Å². The van der Waals surface area contributed by atoms with Crippen LogP contribution in [0.4, 0.5) is 5.82 Å². The first-order chi connectivity index (χ1) is 11.4. The molecule has 130 valence electrons. The Morgan fingerprint density at radius 1 is 1.46 bits per heavy atom. The number of morpholine rings is 1. The number of sulfonamides is 1. The van der Waals surface area contributed by atoms with Crippen molar-refractivity contribution >= 4 is 27.4 Å². The molecule has 0 amide bonds. The van der Waals surface area contributed by atoms with E-state index >= 15 is 0 Å². The molecular weight excluding hydrogens is 354 g/mol. The number of rotatable bonds is 4. The van der Waals surface area contributed by atoms with E-state index in [9.17, 15) is 8.42 Å². The molecule has 2 aromatic rings. The van der Waals surface area contributed by atoms with Gasteiger partial charge in [0.2, 0.25) is 10.0 Å². The van der Waals surface area contributed by atoms with Crippen molar-refractivity contribution in [2.24, 2.45) is 0 Å². The number of aryl methyl sites for hydroxylation is 1. The predicted octanol–water partition coefficient (Wildman–Crippen LogP) is 1.30. The average Bonchev–Trinajstić information content (AvgIpc) is 3.06. The van der Waals surface area contributed by atoms with E-state index in [1.54, 1.807) is 10.9 Å². The lowest BCUT2D eigenvalue weighted by Gasteiger charge is -2.31. The Kier molecular flexibility index (Phi) is 4.77. The fourth-order valence-corrected chi connectivity index (χ4v) is 4.28. The monoisotopic (exact) mass is 371 g/mol. The summed E-state index contributed by atoms with van der Waals surface area (Å²) in [7, 11) is -3.80. The van der Waals surface area contributed by atoms with E-state index in [-0.39, 0.29) is 41.5 Å². The summed E-state index contributed by atoms with van der Waals surface area (Å²) < 4.78 is 34.6. The number of hydrogen-bond acceptors (Lipinski definition) is 6. The Hall–Kier alpha value is -1.68. The van der Waals surface area contributed by atoms with E-state index in [2.05, 4.69) is 10.1 Å². The molecule has 0 spiro atoms. The molecule has 0 bridgehead atoms. The van der Waals surface area contributed by atoms with Crippen molar-refractivity contribution in [1.82, 2.24) is 19.1 Å². The number of nitrogens with two attached hydrogens (primary N) is 1. The zero-order chi connectivity index (χ0) is 17.3. The van der Waals surface area contributed by atoms with Crippen LogP contribution in [0, 0.1) is 0 Å². The number of nitrogen functional groups attached to an aromatic ring is 1. The third-order valence-electron chi connectivity index (χ3n) is 3.84. The molecule has 1 atom stereocenters. The van der Waals surface area contributed by atoms with Crippen LogP contribution < -0.4 is 5.73 Å². The smallest absolute Gasteiger partial charge is 0.246 e. The Morgan fingerprint density at radius 2 is 2.25 bits per heavy atom. The van der Waals surface area contributed by atoms with Gasteiger partial charge in [0, 0.05) is 37.6 Å². The first-order valence-corrected chi connectivity index (χ1v) is 9.28. The molecule has 2 N–H and O–H groups in total. The molecule has 1 saturated heterocycles. The number of halogens is 1. The van der Waals surface area contributed by atoms with Crippen molar-refractivity contribution in [1.29, 1.82) is 0 Å². The Bertz CT molecular complexity index is 839. The summed E-state index contributed by atoms with van der Waals surface area (Å²) in [6, 6.07) is 1.32. The van der Waals surface area contributed by atoms with Crippen molar-refractivity contribution in [2.75, 3.05) is 25.4 Å². The lowest BCUT2D eigenvalue weighted by Crippen LogP contribution is -2.42. The highest BCUT2D eigenvalue weighted by molar-refractivity contribution is 7.89. The molecule has 0 saturated carbocycles. The Labute approximate surface area is 145 Å². The summed E-state index contributed by atoms with van der Waals surface area (Å²) >= 11 is 5.87. The minimum atomic E-state index is -3.80. The van der Waals surface area contributed by atoms with Crippen LogP contribution in [0.2, 0.25) is 5.02 Å². The minimum absolute atomic E-state index is 0.0683. The maximum atomic E-state index is 12.9. The molecule has 10 heteroatoms. The second-order valence-electron chi connectivity index (χ2n) is 5.39. The van der Waals surface area contributed by atoms with Crippen LogP contribution in [-0.2, 0) is 21.3 Å². The maximum Gasteiger partial charge on any atom is 0.246 e. The van der Waals surface area contributed by atoms with Gasteiger partial charge in [0.1, 0.15) is 10.7 Å². The van der Waals surface area contributed by atoms with Crippen LogP contribution in [0.15, 0.2) is 29.6 Å². The van der Waals surface area contributed by atoms with Gasteiger partial charge in [-0.15, -0.1) is 0 Å². The molecular formula is C14H18ClN5O3S. The summed E-state index contributed by atoms with van der Waals surface area (Å²) in [6.45, 7) is 3.43. The molecule has 0 aromatic carbocycles. The van der Waals surface area contributed by atoms with E-state index in [1.807, 2.05) is 13.1 Å². The highest BCUT2D eigenvalue weighted by Crippen LogP contribution is 2.29. The fourth-order valence-electron chi connectivity index (χ4n) is 2.54. The van der Waals surface area contributed by atoms with Gasteiger partial charge in [-0.1, -0.05) is 11.6 Å². The van der Waals surface area contributed by atoms with E-state index in [1.165, 1.54) is 16.6 Å². The first-order valence-electron chi connectivity index (χ1n) is 7.47. The van der Waals surface area contributed by atoms with E-state index in [0.717, 1.165) is 12.1 Å². The number of anilines is 1. The Morgan fingerprint density at radius 3 is 2.96 bits per heavy atom. The highest BCUT2D eigenvalue weighted by atomic mass is 35.5. The number of pyridine rings is 1. The summed E-state index contributed by atoms with van der Waals surface area (Å²) in [6.07, 6.45) is 4.49. The largest absolute Gasteiger partial charge is 0.383 e. The van der Waals surface area contributed by atoms with Gasteiger partial charge in [-0.25, -0.2) is 13.4 Å². The van der Waals surface area contributed by atoms with Gasteiger partial charge in [0.05, 0.1) is 23.9 Å². The predicted molar refractivity (Wildman–Crippen MR) is 89.0 cm³/mol. The van der Waals surface area contributed by atoms with Gasteiger partial charge < -0.3 is 10.5 Å². The first kappa shape index (κ1) is 17.2. The molecule has 8 nitrogen and oxygen atoms in total. The SMILES string of the molecule is CCn1cc([C@@H]2CN(S(=O)(=O)c3cc(Cl)cnc3N)CCO2)cn1. The van der Waals surface area contributed by atoms with Crippen molar-refractivity contribution in [3.63, 3.8) is 0 Å². The second-order valence-corrected chi connectivity index (χ2v) is 7.73. The van der Waals surface area contributed by atoms with Crippen LogP contribution in [0.5, 0.6) is 0 Å². The van der Waals surface area contributed by atoms with Crippen LogP contribution in [-0.4, -0.2) is 47.2 Å². The normalized spacial score (nSPS) is 19.5. The lowest BCUT2D eigenvalue weighted by molar-refractivity contribution is -0.00259. The van der Waals surface area contributed by atoms with Gasteiger partial charge in [-0.3, -0.25) is 4.68 Å². The summed E-state index contributed by atoms with van der Waals surface area (Å²) in [5.41, 5.74) is 6.57. The van der Waals surface area contributed by atoms with Crippen LogP contribution in [0.1, 0.15) is 18.6 Å². The standard InChI is InChI=1S/C14H18ClN5O3S/c1-2-19-8-10(6-18-19)12-9-20(3-4-23-12)24(21,22)13-5-11(15)7-17-14(13)16/h5-8,12H,2-4,9H2,1H3,(H2,16,17)/t12-/m0/s1. The molecule has 1 fully saturated rings. The van der Waals surface area contributed by atoms with Gasteiger partial charge in [-0.2, -0.15) is 9.40 Å². The van der Waals surface area contributed by atoms with Gasteiger partial charge in [-0.05, 0) is 13.0 Å². The zero-order valence-electron chi connectivity index (χ0n) is 13.1. The molecule has 0 radical (unpaired) electrons. The molecule has 3 rings (SSSR count). The topological polar surface area (TPSA) is 103 Å². The zero-order valence-corrected chi connectivity index (χ0v) is 14.7. The fraction of sp³-hybridized carbons (Fsp3) is 0.429. The third-order valence-corrected chi connectivity index (χ3v) is 5.95. The minimum Gasteiger partial charge on any atom is -0.383 e. The van der Waals surface area contributed by atoms with Gasteiger partial charge >= 0.3 is 0 Å². The molecule has 3 heterocycles. The lowest BCUT2D eigenvalue weighted by atomic mass is 10.2. The molecule has 2 aromatic heterocycles. The molecule has 0 aliphatic carbocycles. The molecule has 1 aliphatic rings. The van der Waals surface area contributed by atoms with Crippen molar-refractivity contribution in [2.45, 2.75) is 24.5 Å². The number of nitrogens with zero attached hydrogens (tertiary/aromatic N) is 4. The van der Waals surface area contributed by atoms with Crippen LogP contribution in [0.25, 0.3) is 0 Å². The van der Waals surface area contributed by atoms with Crippen LogP contribution >= 0.6 is 11.6 Å². The van der Waals surface area contributed by atoms with E-state index in [4.69, 9.17) is 22.1 Å². The van der Waals surface area contributed by atoms with E-state index in [0.29, 0.717) is 0 Å². The molecule has 0 unspecified atom stereocenters. The van der Waals surface area contributed by atoms with Crippen molar-refractivity contribution < 1.29 is 13.2 Å². The Balaban J connectivity index is 1.87. The quantitative estimate of drug-likeness (QED) is 0.868. The van der Waals surface area contributed by atoms with Gasteiger partial charge in [0.25, 0.3) is 0 Å². The summed E-state index contributed by atoms with van der Waals surface area (Å²) in [5, 5.41) is 4.42. The van der Waals surface area contributed by atoms with Crippen LogP contribution in [0.3, 0.4) is 0 Å². The summed E-state index contributed by atoms with van der Waals surface area (Å²) in [4.78, 5) is 3.74. The highest BCUT2D eigenvalue weighted by Gasteiger charge is 2.33. The molecule has 24 heavy (non-hydrogen) atoms. The number of hydrogen-bond donors (Lipinski definition) is 1. The number of ether oxygens (including phenoxy) is 1. The van der Waals surface area contributed by atoms with Crippen molar-refractivity contribution in [3.8, 4) is 0 Å². The summed E-state index contributed by atoms with van der Waals surface area (Å²) in [5.74, 6) is -0.0683. The molecule has 1 aliphatic heterocycles. The third kappa shape index (κ3) is 3.25. The average molecular weight is 372 g/mol. The second kappa shape index (κ2) is 6.67.